The van der Waals surface area contributed by atoms with Crippen molar-refractivity contribution < 1.29 is 14.5 Å². The molecular formula is C22H21N5O4. The highest BCUT2D eigenvalue weighted by Gasteiger charge is 2.66. The molecule has 9 nitrogen and oxygen atoms in total. The first-order chi connectivity index (χ1) is 15.0. The van der Waals surface area contributed by atoms with Crippen LogP contribution in [0.4, 0.5) is 5.69 Å². The molecule has 1 aromatic heterocycles. The molecule has 0 saturated carbocycles. The summed E-state index contributed by atoms with van der Waals surface area (Å²) in [7, 11) is 1.56. The van der Waals surface area contributed by atoms with Crippen LogP contribution in [0.15, 0.2) is 61.1 Å². The van der Waals surface area contributed by atoms with Crippen molar-refractivity contribution in [3.05, 3.63) is 88.0 Å². The number of rotatable bonds is 5. The molecule has 9 heteroatoms. The third-order valence-corrected chi connectivity index (χ3v) is 6.30. The molecule has 158 valence electrons. The minimum atomic E-state index is -1.26. The standard InChI is InChI=1S/C22H21N5O4/c1-31-15-8-6-13(7-9-15)19-20(27(29)30)18(10-14-11-23-12-24-14)26-22(19)16-4-2-3-5-17(16)25-21(22)28/h2-9,11-12,18-20,26H,10H2,1H3,(H,23,24)(H,25,28)/t18-,19+,20-,22+/m1/s1. The molecule has 31 heavy (non-hydrogen) atoms. The van der Waals surface area contributed by atoms with Crippen LogP contribution in [0.2, 0.25) is 0 Å². The summed E-state index contributed by atoms with van der Waals surface area (Å²) in [5, 5.41) is 18.7. The SMILES string of the molecule is COc1ccc([C@H]2[C@H]([N+](=O)[O-])[C@@H](Cc3cnc[nH]3)N[C@]23C(=O)Nc2ccccc23)cc1. The van der Waals surface area contributed by atoms with E-state index in [1.165, 1.54) is 0 Å². The Morgan fingerprint density at radius 3 is 2.65 bits per heavy atom. The third kappa shape index (κ3) is 2.89. The summed E-state index contributed by atoms with van der Waals surface area (Å²) >= 11 is 0. The molecule has 1 fully saturated rings. The van der Waals surface area contributed by atoms with E-state index in [0.717, 1.165) is 11.3 Å². The Morgan fingerprint density at radius 2 is 1.97 bits per heavy atom. The third-order valence-electron chi connectivity index (χ3n) is 6.30. The molecule has 0 radical (unpaired) electrons. The van der Waals surface area contributed by atoms with E-state index in [4.69, 9.17) is 4.74 Å². The second kappa shape index (κ2) is 7.21. The maximum Gasteiger partial charge on any atom is 0.250 e. The molecule has 3 N–H and O–H groups in total. The number of carbonyl (C=O) groups is 1. The summed E-state index contributed by atoms with van der Waals surface area (Å²) in [6.07, 6.45) is 3.53. The molecule has 1 spiro atoms. The number of methoxy groups -OCH3 is 1. The summed E-state index contributed by atoms with van der Waals surface area (Å²) in [4.78, 5) is 32.6. The molecule has 3 aromatic rings. The average Bonchev–Trinajstić information content (AvgIpc) is 3.47. The maximum absolute atomic E-state index is 13.4. The summed E-state index contributed by atoms with van der Waals surface area (Å²) in [6, 6.07) is 12.9. The summed E-state index contributed by atoms with van der Waals surface area (Å²) in [6.45, 7) is 0. The molecule has 3 heterocycles. The van der Waals surface area contributed by atoms with Gasteiger partial charge in [-0.05, 0) is 23.8 Å². The van der Waals surface area contributed by atoms with Gasteiger partial charge in [-0.1, -0.05) is 30.3 Å². The highest BCUT2D eigenvalue weighted by molar-refractivity contribution is 6.07. The van der Waals surface area contributed by atoms with Gasteiger partial charge in [-0.15, -0.1) is 0 Å². The number of benzene rings is 2. The molecule has 2 aliphatic rings. The second-order valence-electron chi connectivity index (χ2n) is 7.87. The fourth-order valence-electron chi connectivity index (χ4n) is 5.02. The number of nitrogens with zero attached hydrogens (tertiary/aromatic N) is 2. The number of nitrogens with one attached hydrogen (secondary N) is 3. The van der Waals surface area contributed by atoms with Crippen LogP contribution in [-0.4, -0.2) is 40.0 Å². The van der Waals surface area contributed by atoms with Crippen LogP contribution in [0.5, 0.6) is 5.75 Å². The number of amides is 1. The van der Waals surface area contributed by atoms with Crippen LogP contribution in [-0.2, 0) is 16.8 Å². The first kappa shape index (κ1) is 19.3. The van der Waals surface area contributed by atoms with Gasteiger partial charge in [-0.3, -0.25) is 20.2 Å². The number of nitro groups is 1. The van der Waals surface area contributed by atoms with Crippen molar-refractivity contribution in [2.24, 2.45) is 0 Å². The van der Waals surface area contributed by atoms with Crippen LogP contribution < -0.4 is 15.4 Å². The van der Waals surface area contributed by atoms with Crippen molar-refractivity contribution in [1.29, 1.82) is 0 Å². The molecule has 1 saturated heterocycles. The van der Waals surface area contributed by atoms with Crippen LogP contribution in [0.1, 0.15) is 22.7 Å². The maximum atomic E-state index is 13.4. The lowest BCUT2D eigenvalue weighted by molar-refractivity contribution is -0.526. The Hall–Kier alpha value is -3.72. The fourth-order valence-corrected chi connectivity index (χ4v) is 5.02. The Balaban J connectivity index is 1.69. The first-order valence-corrected chi connectivity index (χ1v) is 9.98. The molecule has 0 aliphatic carbocycles. The number of imidazole rings is 1. The molecule has 2 aliphatic heterocycles. The molecule has 1 amide bonds. The van der Waals surface area contributed by atoms with Gasteiger partial charge in [0.2, 0.25) is 11.9 Å². The number of aromatic nitrogens is 2. The van der Waals surface area contributed by atoms with Crippen molar-refractivity contribution in [3.63, 3.8) is 0 Å². The minimum Gasteiger partial charge on any atom is -0.497 e. The van der Waals surface area contributed by atoms with E-state index in [0.29, 0.717) is 23.4 Å². The smallest absolute Gasteiger partial charge is 0.250 e. The monoisotopic (exact) mass is 419 g/mol. The van der Waals surface area contributed by atoms with E-state index < -0.39 is 23.5 Å². The van der Waals surface area contributed by atoms with E-state index >= 15 is 0 Å². The summed E-state index contributed by atoms with van der Waals surface area (Å²) in [5.41, 5.74) is 1.60. The molecule has 0 unspecified atom stereocenters. The predicted molar refractivity (Wildman–Crippen MR) is 112 cm³/mol. The topological polar surface area (TPSA) is 122 Å². The molecule has 4 atom stereocenters. The fraction of sp³-hybridized carbons (Fsp3) is 0.273. The van der Waals surface area contributed by atoms with Gasteiger partial charge >= 0.3 is 0 Å². The van der Waals surface area contributed by atoms with Crippen LogP contribution in [0, 0.1) is 10.1 Å². The van der Waals surface area contributed by atoms with Gasteiger partial charge in [0.1, 0.15) is 11.3 Å². The van der Waals surface area contributed by atoms with Gasteiger partial charge in [0, 0.05) is 34.5 Å². The second-order valence-corrected chi connectivity index (χ2v) is 7.87. The minimum absolute atomic E-state index is 0.272. The highest BCUT2D eigenvalue weighted by Crippen LogP contribution is 2.52. The van der Waals surface area contributed by atoms with Gasteiger partial charge in [0.25, 0.3) is 0 Å². The van der Waals surface area contributed by atoms with E-state index in [1.807, 2.05) is 24.3 Å². The van der Waals surface area contributed by atoms with Crippen molar-refractivity contribution in [2.75, 3.05) is 12.4 Å². The highest BCUT2D eigenvalue weighted by atomic mass is 16.6. The van der Waals surface area contributed by atoms with Crippen molar-refractivity contribution in [2.45, 2.75) is 30.0 Å². The number of hydrogen-bond donors (Lipinski definition) is 3. The van der Waals surface area contributed by atoms with Crippen molar-refractivity contribution >= 4 is 11.6 Å². The first-order valence-electron chi connectivity index (χ1n) is 9.98. The number of H-pyrrole nitrogens is 1. The number of ether oxygens (including phenoxy) is 1. The van der Waals surface area contributed by atoms with Crippen LogP contribution >= 0.6 is 0 Å². The number of hydrogen-bond acceptors (Lipinski definition) is 6. The molecule has 0 bridgehead atoms. The Bertz CT molecular complexity index is 1130. The zero-order valence-electron chi connectivity index (χ0n) is 16.7. The van der Waals surface area contributed by atoms with E-state index in [-0.39, 0.29) is 10.8 Å². The number of para-hydroxylation sites is 1. The number of anilines is 1. The lowest BCUT2D eigenvalue weighted by Crippen LogP contribution is -2.49. The largest absolute Gasteiger partial charge is 0.497 e. The van der Waals surface area contributed by atoms with Gasteiger partial charge in [-0.25, -0.2) is 4.98 Å². The van der Waals surface area contributed by atoms with Crippen molar-refractivity contribution in [3.8, 4) is 5.75 Å². The van der Waals surface area contributed by atoms with E-state index in [9.17, 15) is 14.9 Å². The molecule has 2 aromatic carbocycles. The molecular weight excluding hydrogens is 398 g/mol. The van der Waals surface area contributed by atoms with Gasteiger partial charge < -0.3 is 15.0 Å². The number of carbonyl (C=O) groups excluding carboxylic acids is 1. The lowest BCUT2D eigenvalue weighted by atomic mass is 9.74. The predicted octanol–water partition coefficient (Wildman–Crippen LogP) is 2.21. The van der Waals surface area contributed by atoms with Crippen LogP contribution in [0.25, 0.3) is 0 Å². The number of aromatic amines is 1. The number of fused-ring (bicyclic) bond motifs is 2. The molecule has 5 rings (SSSR count). The van der Waals surface area contributed by atoms with E-state index in [2.05, 4.69) is 20.6 Å². The van der Waals surface area contributed by atoms with Gasteiger partial charge in [-0.2, -0.15) is 0 Å². The van der Waals surface area contributed by atoms with E-state index in [1.54, 1.807) is 43.9 Å². The van der Waals surface area contributed by atoms with Gasteiger partial charge in [0.05, 0.1) is 25.4 Å². The Morgan fingerprint density at radius 1 is 1.19 bits per heavy atom. The zero-order chi connectivity index (χ0) is 21.6. The Labute approximate surface area is 178 Å². The summed E-state index contributed by atoms with van der Waals surface area (Å²) < 4.78 is 5.25. The zero-order valence-corrected chi connectivity index (χ0v) is 16.7. The van der Waals surface area contributed by atoms with Crippen molar-refractivity contribution in [1.82, 2.24) is 15.3 Å². The average molecular weight is 419 g/mol. The lowest BCUT2D eigenvalue weighted by Gasteiger charge is -2.29. The van der Waals surface area contributed by atoms with Crippen LogP contribution in [0.3, 0.4) is 0 Å². The van der Waals surface area contributed by atoms with Gasteiger partial charge in [0.15, 0.2) is 0 Å². The summed E-state index contributed by atoms with van der Waals surface area (Å²) in [5.74, 6) is -0.356. The normalized spacial score (nSPS) is 26.6. The quantitative estimate of drug-likeness (QED) is 0.431. The Kier molecular flexibility index (Phi) is 4.48.